The molecule has 20 heavy (non-hydrogen) atoms. The minimum absolute atomic E-state index is 0.0406. The van der Waals surface area contributed by atoms with Crippen LogP contribution >= 0.6 is 23.4 Å². The molecule has 0 radical (unpaired) electrons. The van der Waals surface area contributed by atoms with Crippen molar-refractivity contribution in [2.45, 2.75) is 24.3 Å². The molecule has 0 amide bonds. The van der Waals surface area contributed by atoms with Gasteiger partial charge in [0.1, 0.15) is 6.26 Å². The molecular formula is C14H14ClNO3S. The third kappa shape index (κ3) is 4.28. The first kappa shape index (κ1) is 14.9. The highest BCUT2D eigenvalue weighted by atomic mass is 35.5. The molecule has 1 heterocycles. The summed E-state index contributed by atoms with van der Waals surface area (Å²) in [7, 11) is 0. The first-order valence-electron chi connectivity index (χ1n) is 6.08. The zero-order valence-corrected chi connectivity index (χ0v) is 12.4. The Morgan fingerprint density at radius 3 is 3.05 bits per heavy atom. The Kier molecular flexibility index (Phi) is 5.09. The monoisotopic (exact) mass is 311 g/mol. The van der Waals surface area contributed by atoms with Gasteiger partial charge in [-0.05, 0) is 18.2 Å². The predicted molar refractivity (Wildman–Crippen MR) is 80.0 cm³/mol. The Labute approximate surface area is 126 Å². The van der Waals surface area contributed by atoms with E-state index in [1.807, 2.05) is 19.1 Å². The van der Waals surface area contributed by atoms with Crippen molar-refractivity contribution < 1.29 is 14.3 Å². The van der Waals surface area contributed by atoms with Gasteiger partial charge in [0, 0.05) is 21.6 Å². The van der Waals surface area contributed by atoms with Crippen molar-refractivity contribution in [1.82, 2.24) is 4.98 Å². The van der Waals surface area contributed by atoms with E-state index in [-0.39, 0.29) is 11.7 Å². The Hall–Kier alpha value is -1.46. The van der Waals surface area contributed by atoms with Crippen LogP contribution in [0.3, 0.4) is 0 Å². The second-order valence-corrected chi connectivity index (χ2v) is 6.24. The molecule has 0 aliphatic heterocycles. The van der Waals surface area contributed by atoms with Crippen molar-refractivity contribution in [3.05, 3.63) is 41.2 Å². The van der Waals surface area contributed by atoms with E-state index in [0.717, 1.165) is 11.3 Å². The van der Waals surface area contributed by atoms with Gasteiger partial charge in [-0.25, -0.2) is 4.98 Å². The largest absolute Gasteiger partial charge is 0.481 e. The summed E-state index contributed by atoms with van der Waals surface area (Å²) in [5.74, 6) is 0.358. The molecule has 0 spiro atoms. The molecule has 0 aliphatic carbocycles. The molecule has 6 heteroatoms. The Morgan fingerprint density at radius 1 is 1.55 bits per heavy atom. The number of aliphatic carboxylic acids is 1. The number of carboxylic acids is 1. The highest BCUT2D eigenvalue weighted by Crippen LogP contribution is 2.25. The molecule has 2 aromatic rings. The van der Waals surface area contributed by atoms with Gasteiger partial charge in [0.2, 0.25) is 5.89 Å². The fourth-order valence-corrected chi connectivity index (χ4v) is 2.70. The zero-order valence-electron chi connectivity index (χ0n) is 10.9. The summed E-state index contributed by atoms with van der Waals surface area (Å²) in [6.07, 6.45) is 1.74. The smallest absolute Gasteiger partial charge is 0.304 e. The molecule has 106 valence electrons. The van der Waals surface area contributed by atoms with Crippen LogP contribution in [0.5, 0.6) is 0 Å². The van der Waals surface area contributed by atoms with Crippen LogP contribution in [-0.2, 0) is 10.5 Å². The summed E-state index contributed by atoms with van der Waals surface area (Å²) in [5.41, 5.74) is 1.62. The van der Waals surface area contributed by atoms with E-state index in [1.165, 1.54) is 0 Å². The third-order valence-electron chi connectivity index (χ3n) is 2.60. The van der Waals surface area contributed by atoms with E-state index >= 15 is 0 Å². The average molecular weight is 312 g/mol. The summed E-state index contributed by atoms with van der Waals surface area (Å²) < 4.78 is 5.42. The number of hydrogen-bond acceptors (Lipinski definition) is 4. The van der Waals surface area contributed by atoms with Crippen LogP contribution < -0.4 is 0 Å². The summed E-state index contributed by atoms with van der Waals surface area (Å²) in [5, 5.41) is 9.37. The summed E-state index contributed by atoms with van der Waals surface area (Å²) in [4.78, 5) is 15.0. The van der Waals surface area contributed by atoms with Crippen molar-refractivity contribution >= 4 is 29.3 Å². The van der Waals surface area contributed by atoms with Gasteiger partial charge in [-0.3, -0.25) is 4.79 Å². The molecular weight excluding hydrogens is 298 g/mol. The summed E-state index contributed by atoms with van der Waals surface area (Å²) >= 11 is 7.46. The maximum Gasteiger partial charge on any atom is 0.304 e. The van der Waals surface area contributed by atoms with Crippen LogP contribution in [-0.4, -0.2) is 21.3 Å². The van der Waals surface area contributed by atoms with E-state index in [4.69, 9.17) is 21.1 Å². The van der Waals surface area contributed by atoms with E-state index in [1.54, 1.807) is 30.2 Å². The van der Waals surface area contributed by atoms with Crippen molar-refractivity contribution in [1.29, 1.82) is 0 Å². The molecule has 1 N–H and O–H groups in total. The minimum Gasteiger partial charge on any atom is -0.481 e. The Balaban J connectivity index is 1.97. The topological polar surface area (TPSA) is 63.3 Å². The fraction of sp³-hybridized carbons (Fsp3) is 0.286. The molecule has 2 rings (SSSR count). The van der Waals surface area contributed by atoms with Gasteiger partial charge in [-0.1, -0.05) is 24.6 Å². The number of halogens is 1. The number of oxazole rings is 1. The quantitative estimate of drug-likeness (QED) is 0.870. The number of nitrogens with zero attached hydrogens (tertiary/aromatic N) is 1. The molecule has 0 saturated carbocycles. The van der Waals surface area contributed by atoms with Crippen molar-refractivity contribution in [2.24, 2.45) is 0 Å². The number of benzene rings is 1. The van der Waals surface area contributed by atoms with Crippen LogP contribution in [0.25, 0.3) is 11.5 Å². The van der Waals surface area contributed by atoms with Crippen LogP contribution in [0, 0.1) is 0 Å². The standard InChI is InChI=1S/C14H14ClNO3S/c1-9(5-13(17)18)20-8-12-7-19-14(16-12)10-3-2-4-11(15)6-10/h2-4,6-7,9H,5,8H2,1H3,(H,17,18). The Morgan fingerprint density at radius 2 is 2.35 bits per heavy atom. The van der Waals surface area contributed by atoms with E-state index in [2.05, 4.69) is 4.98 Å². The van der Waals surface area contributed by atoms with Gasteiger partial charge in [0.15, 0.2) is 0 Å². The normalized spacial score (nSPS) is 12.3. The number of carbonyl (C=O) groups is 1. The molecule has 0 aliphatic rings. The maximum atomic E-state index is 10.6. The first-order valence-corrected chi connectivity index (χ1v) is 7.51. The number of hydrogen-bond donors (Lipinski definition) is 1. The number of aromatic nitrogens is 1. The van der Waals surface area contributed by atoms with E-state index < -0.39 is 5.97 Å². The lowest BCUT2D eigenvalue weighted by Crippen LogP contribution is -2.05. The molecule has 1 unspecified atom stereocenters. The van der Waals surface area contributed by atoms with Gasteiger partial charge in [0.25, 0.3) is 0 Å². The molecule has 0 saturated heterocycles. The number of carboxylic acid groups (broad SMARTS) is 1. The zero-order chi connectivity index (χ0) is 14.5. The number of rotatable bonds is 6. The maximum absolute atomic E-state index is 10.6. The second-order valence-electron chi connectivity index (χ2n) is 4.37. The molecule has 4 nitrogen and oxygen atoms in total. The van der Waals surface area contributed by atoms with Crippen LogP contribution in [0.4, 0.5) is 0 Å². The summed E-state index contributed by atoms with van der Waals surface area (Å²) in [6, 6.07) is 7.29. The molecule has 0 bridgehead atoms. The average Bonchev–Trinajstić information content (AvgIpc) is 2.84. The van der Waals surface area contributed by atoms with E-state index in [0.29, 0.717) is 16.7 Å². The van der Waals surface area contributed by atoms with Gasteiger partial charge in [-0.15, -0.1) is 0 Å². The lowest BCUT2D eigenvalue weighted by atomic mass is 10.2. The van der Waals surface area contributed by atoms with Crippen molar-refractivity contribution in [3.8, 4) is 11.5 Å². The highest BCUT2D eigenvalue weighted by Gasteiger charge is 2.11. The summed E-state index contributed by atoms with van der Waals surface area (Å²) in [6.45, 7) is 1.89. The highest BCUT2D eigenvalue weighted by molar-refractivity contribution is 7.99. The van der Waals surface area contributed by atoms with Crippen LogP contribution in [0.15, 0.2) is 34.9 Å². The number of thioether (sulfide) groups is 1. The molecule has 0 fully saturated rings. The second kappa shape index (κ2) is 6.81. The van der Waals surface area contributed by atoms with E-state index in [9.17, 15) is 4.79 Å². The van der Waals surface area contributed by atoms with Crippen LogP contribution in [0.1, 0.15) is 19.0 Å². The minimum atomic E-state index is -0.787. The van der Waals surface area contributed by atoms with Gasteiger partial charge < -0.3 is 9.52 Å². The van der Waals surface area contributed by atoms with Gasteiger partial charge >= 0.3 is 5.97 Å². The fourth-order valence-electron chi connectivity index (χ4n) is 1.66. The molecule has 1 aromatic heterocycles. The molecule has 1 atom stereocenters. The third-order valence-corrected chi connectivity index (χ3v) is 4.03. The van der Waals surface area contributed by atoms with Gasteiger partial charge in [-0.2, -0.15) is 11.8 Å². The van der Waals surface area contributed by atoms with Crippen molar-refractivity contribution in [3.63, 3.8) is 0 Å². The van der Waals surface area contributed by atoms with Crippen molar-refractivity contribution in [2.75, 3.05) is 0 Å². The lowest BCUT2D eigenvalue weighted by Gasteiger charge is -2.05. The lowest BCUT2D eigenvalue weighted by molar-refractivity contribution is -0.136. The predicted octanol–water partition coefficient (Wildman–Crippen LogP) is 4.09. The SMILES string of the molecule is CC(CC(=O)O)SCc1coc(-c2cccc(Cl)c2)n1. The van der Waals surface area contributed by atoms with Gasteiger partial charge in [0.05, 0.1) is 12.1 Å². The first-order chi connectivity index (χ1) is 9.54. The molecule has 1 aromatic carbocycles. The Bertz CT molecular complexity index is 600. The van der Waals surface area contributed by atoms with Crippen LogP contribution in [0.2, 0.25) is 5.02 Å².